The molecule has 120 valence electrons. The summed E-state index contributed by atoms with van der Waals surface area (Å²) in [5.41, 5.74) is 1.27. The van der Waals surface area contributed by atoms with Crippen molar-refractivity contribution < 1.29 is 9.21 Å². The normalized spacial score (nSPS) is 25.6. The van der Waals surface area contributed by atoms with Gasteiger partial charge in [-0.05, 0) is 70.0 Å². The molecule has 0 bridgehead atoms. The van der Waals surface area contributed by atoms with Gasteiger partial charge in [-0.15, -0.1) is 0 Å². The average molecular weight is 302 g/mol. The Morgan fingerprint density at radius 3 is 2.45 bits per heavy atom. The number of likely N-dealkylation sites (tertiary alicyclic amines) is 2. The Bertz CT molecular complexity index is 543. The van der Waals surface area contributed by atoms with Gasteiger partial charge in [-0.2, -0.15) is 0 Å². The highest BCUT2D eigenvalue weighted by Crippen LogP contribution is 2.51. The summed E-state index contributed by atoms with van der Waals surface area (Å²) >= 11 is 0. The molecule has 2 saturated heterocycles. The first-order valence-electron chi connectivity index (χ1n) is 8.74. The van der Waals surface area contributed by atoms with Crippen molar-refractivity contribution in [3.63, 3.8) is 0 Å². The molecule has 2 aliphatic heterocycles. The molecule has 1 amide bonds. The van der Waals surface area contributed by atoms with Crippen LogP contribution >= 0.6 is 0 Å². The van der Waals surface area contributed by atoms with E-state index in [1.165, 1.54) is 51.6 Å². The molecule has 4 heteroatoms. The number of nitrogens with zero attached hydrogens (tertiary/aromatic N) is 2. The van der Waals surface area contributed by atoms with Gasteiger partial charge in [-0.1, -0.05) is 0 Å². The molecule has 3 heterocycles. The van der Waals surface area contributed by atoms with Crippen molar-refractivity contribution in [3.8, 4) is 0 Å². The Morgan fingerprint density at radius 1 is 1.18 bits per heavy atom. The van der Waals surface area contributed by atoms with E-state index in [2.05, 4.69) is 4.90 Å². The Labute approximate surface area is 132 Å². The van der Waals surface area contributed by atoms with Gasteiger partial charge >= 0.3 is 0 Å². The molecule has 4 nitrogen and oxygen atoms in total. The fourth-order valence-electron chi connectivity index (χ4n) is 4.67. The highest BCUT2D eigenvalue weighted by atomic mass is 16.3. The number of carbonyl (C=O) groups is 1. The summed E-state index contributed by atoms with van der Waals surface area (Å²) in [6, 6.07) is 2.63. The third-order valence-electron chi connectivity index (χ3n) is 6.19. The van der Waals surface area contributed by atoms with E-state index in [1.807, 2.05) is 11.8 Å². The molecule has 4 rings (SSSR count). The fourth-order valence-corrected chi connectivity index (χ4v) is 4.67. The van der Waals surface area contributed by atoms with Crippen LogP contribution in [-0.2, 0) is 0 Å². The zero-order chi connectivity index (χ0) is 15.2. The van der Waals surface area contributed by atoms with Gasteiger partial charge in [-0.25, -0.2) is 0 Å². The predicted molar refractivity (Wildman–Crippen MR) is 84.8 cm³/mol. The van der Waals surface area contributed by atoms with Gasteiger partial charge in [0.2, 0.25) is 0 Å². The summed E-state index contributed by atoms with van der Waals surface area (Å²) in [6.45, 7) is 6.31. The van der Waals surface area contributed by atoms with Gasteiger partial charge in [0.25, 0.3) is 5.91 Å². The second-order valence-corrected chi connectivity index (χ2v) is 7.49. The topological polar surface area (TPSA) is 36.7 Å². The summed E-state index contributed by atoms with van der Waals surface area (Å²) in [6.07, 6.45) is 9.46. The lowest BCUT2D eigenvalue weighted by molar-refractivity contribution is -0.0312. The van der Waals surface area contributed by atoms with E-state index < -0.39 is 0 Å². The number of hydrogen-bond acceptors (Lipinski definition) is 3. The molecule has 3 fully saturated rings. The van der Waals surface area contributed by atoms with Gasteiger partial charge in [-0.3, -0.25) is 4.79 Å². The number of rotatable bonds is 2. The molecule has 0 unspecified atom stereocenters. The zero-order valence-corrected chi connectivity index (χ0v) is 13.5. The molecule has 1 spiro atoms. The van der Waals surface area contributed by atoms with E-state index in [9.17, 15) is 4.79 Å². The van der Waals surface area contributed by atoms with Gasteiger partial charge in [0, 0.05) is 19.1 Å². The van der Waals surface area contributed by atoms with Crippen molar-refractivity contribution in [2.45, 2.75) is 51.5 Å². The third kappa shape index (κ3) is 2.37. The van der Waals surface area contributed by atoms with Crippen LogP contribution in [0.1, 0.15) is 54.6 Å². The third-order valence-corrected chi connectivity index (χ3v) is 6.19. The van der Waals surface area contributed by atoms with Crippen LogP contribution in [0.4, 0.5) is 0 Å². The van der Waals surface area contributed by atoms with E-state index in [4.69, 9.17) is 4.42 Å². The van der Waals surface area contributed by atoms with Gasteiger partial charge in [0.1, 0.15) is 5.76 Å². The molecule has 22 heavy (non-hydrogen) atoms. The SMILES string of the molecule is Cc1occc1C(=O)N1CCC2(CC1)CC(N1CCCC1)C2. The predicted octanol–water partition coefficient (Wildman–Crippen LogP) is 3.07. The van der Waals surface area contributed by atoms with Gasteiger partial charge < -0.3 is 14.2 Å². The first-order valence-corrected chi connectivity index (χ1v) is 8.74. The second-order valence-electron chi connectivity index (χ2n) is 7.49. The van der Waals surface area contributed by atoms with Crippen LogP contribution in [0.3, 0.4) is 0 Å². The summed E-state index contributed by atoms with van der Waals surface area (Å²) in [4.78, 5) is 17.2. The molecule has 3 aliphatic rings. The number of aryl methyl sites for hydroxylation is 1. The minimum absolute atomic E-state index is 0.150. The fraction of sp³-hybridized carbons (Fsp3) is 0.722. The Morgan fingerprint density at radius 2 is 1.86 bits per heavy atom. The van der Waals surface area contributed by atoms with E-state index in [0.29, 0.717) is 5.41 Å². The molecule has 0 N–H and O–H groups in total. The van der Waals surface area contributed by atoms with E-state index in [1.54, 1.807) is 12.3 Å². The van der Waals surface area contributed by atoms with E-state index >= 15 is 0 Å². The number of furan rings is 1. The highest BCUT2D eigenvalue weighted by molar-refractivity contribution is 5.95. The Balaban J connectivity index is 1.32. The van der Waals surface area contributed by atoms with Crippen LogP contribution in [0.2, 0.25) is 0 Å². The zero-order valence-electron chi connectivity index (χ0n) is 13.5. The van der Waals surface area contributed by atoms with Crippen LogP contribution in [0.25, 0.3) is 0 Å². The van der Waals surface area contributed by atoms with Crippen LogP contribution < -0.4 is 0 Å². The van der Waals surface area contributed by atoms with Gasteiger partial charge in [0.05, 0.1) is 11.8 Å². The second kappa shape index (κ2) is 5.41. The van der Waals surface area contributed by atoms with Crippen LogP contribution in [0.5, 0.6) is 0 Å². The average Bonchev–Trinajstić information content (AvgIpc) is 3.15. The maximum atomic E-state index is 12.5. The number of carbonyl (C=O) groups excluding carboxylic acids is 1. The van der Waals surface area contributed by atoms with Gasteiger partial charge in [0.15, 0.2) is 0 Å². The quantitative estimate of drug-likeness (QED) is 0.842. The van der Waals surface area contributed by atoms with Crippen LogP contribution in [0.15, 0.2) is 16.7 Å². The lowest BCUT2D eigenvalue weighted by atomic mass is 9.60. The van der Waals surface area contributed by atoms with Crippen molar-refractivity contribution in [2.24, 2.45) is 5.41 Å². The summed E-state index contributed by atoms with van der Waals surface area (Å²) in [7, 11) is 0. The largest absolute Gasteiger partial charge is 0.469 e. The van der Waals surface area contributed by atoms with E-state index in [-0.39, 0.29) is 5.91 Å². The minimum Gasteiger partial charge on any atom is -0.469 e. The van der Waals surface area contributed by atoms with Crippen molar-refractivity contribution >= 4 is 5.91 Å². The first kappa shape index (κ1) is 14.3. The molecule has 1 aliphatic carbocycles. The summed E-state index contributed by atoms with van der Waals surface area (Å²) < 4.78 is 5.27. The van der Waals surface area contributed by atoms with Crippen molar-refractivity contribution in [1.82, 2.24) is 9.80 Å². The highest BCUT2D eigenvalue weighted by Gasteiger charge is 2.48. The molecule has 1 aromatic rings. The number of amides is 1. The maximum Gasteiger partial charge on any atom is 0.257 e. The molecule has 1 aromatic heterocycles. The summed E-state index contributed by atoms with van der Waals surface area (Å²) in [5, 5.41) is 0. The smallest absolute Gasteiger partial charge is 0.257 e. The van der Waals surface area contributed by atoms with Crippen molar-refractivity contribution in [3.05, 3.63) is 23.7 Å². The Hall–Kier alpha value is -1.29. The van der Waals surface area contributed by atoms with Crippen molar-refractivity contribution in [2.75, 3.05) is 26.2 Å². The van der Waals surface area contributed by atoms with Crippen molar-refractivity contribution in [1.29, 1.82) is 0 Å². The molecule has 0 radical (unpaired) electrons. The molecule has 0 atom stereocenters. The standard InChI is InChI=1S/C18H26N2O2/c1-14-16(4-11-22-14)17(21)20-9-5-18(6-10-20)12-15(13-18)19-7-2-3-8-19/h4,11,15H,2-3,5-10,12-13H2,1H3. The maximum absolute atomic E-state index is 12.5. The molecular weight excluding hydrogens is 276 g/mol. The summed E-state index contributed by atoms with van der Waals surface area (Å²) in [5.74, 6) is 0.888. The first-order chi connectivity index (χ1) is 10.7. The molecule has 1 saturated carbocycles. The monoisotopic (exact) mass is 302 g/mol. The lowest BCUT2D eigenvalue weighted by Crippen LogP contribution is -2.55. The number of hydrogen-bond donors (Lipinski definition) is 0. The van der Waals surface area contributed by atoms with Crippen LogP contribution in [-0.4, -0.2) is 47.9 Å². The molecule has 0 aromatic carbocycles. The number of piperidine rings is 1. The molecular formula is C18H26N2O2. The van der Waals surface area contributed by atoms with Crippen LogP contribution in [0, 0.1) is 12.3 Å². The Kier molecular flexibility index (Phi) is 3.52. The lowest BCUT2D eigenvalue weighted by Gasteiger charge is -2.54. The minimum atomic E-state index is 0.150. The van der Waals surface area contributed by atoms with E-state index in [0.717, 1.165) is 30.5 Å².